The van der Waals surface area contributed by atoms with Gasteiger partial charge < -0.3 is 10.1 Å². The maximum absolute atomic E-state index is 13.8. The van der Waals surface area contributed by atoms with E-state index in [1.165, 1.54) is 12.1 Å². The van der Waals surface area contributed by atoms with Crippen LogP contribution in [0.25, 0.3) is 0 Å². The fraction of sp³-hybridized carbons (Fsp3) is 0.0833. The number of para-hydroxylation sites is 2. The van der Waals surface area contributed by atoms with Crippen molar-refractivity contribution in [3.05, 3.63) is 111 Å². The second-order valence-electron chi connectivity index (χ2n) is 6.98. The number of anilines is 1. The average Bonchev–Trinajstić information content (AvgIpc) is 3.24. The largest absolute Gasteiger partial charge is 0.489 e. The van der Waals surface area contributed by atoms with E-state index in [1.807, 2.05) is 42.5 Å². The molecule has 0 aliphatic heterocycles. The number of benzene rings is 3. The number of halogens is 3. The van der Waals surface area contributed by atoms with Gasteiger partial charge in [0.1, 0.15) is 29.7 Å². The number of aromatic nitrogens is 2. The van der Waals surface area contributed by atoms with Crippen LogP contribution in [-0.4, -0.2) is 15.7 Å². The first kappa shape index (κ1) is 21.9. The summed E-state index contributed by atoms with van der Waals surface area (Å²) < 4.78 is 36.3. The summed E-state index contributed by atoms with van der Waals surface area (Å²) in [5, 5.41) is 6.47. The molecule has 4 rings (SSSR count). The van der Waals surface area contributed by atoms with E-state index in [0.29, 0.717) is 18.9 Å². The maximum Gasteiger partial charge on any atom is 0.276 e. The van der Waals surface area contributed by atoms with Crippen LogP contribution in [0.1, 0.15) is 21.6 Å². The fourth-order valence-electron chi connectivity index (χ4n) is 3.10. The SMILES string of the molecule is O=C(Nc1c(F)cccc1F)c1ccn(Cc2ccccc2OCc2cccc(I)c2)n1. The highest BCUT2D eigenvalue weighted by atomic mass is 127. The van der Waals surface area contributed by atoms with Crippen LogP contribution >= 0.6 is 22.6 Å². The number of rotatable bonds is 7. The van der Waals surface area contributed by atoms with Gasteiger partial charge in [-0.3, -0.25) is 9.48 Å². The van der Waals surface area contributed by atoms with Gasteiger partial charge in [0.2, 0.25) is 0 Å². The van der Waals surface area contributed by atoms with Gasteiger partial charge in [0, 0.05) is 15.3 Å². The Balaban J connectivity index is 1.45. The van der Waals surface area contributed by atoms with Gasteiger partial charge in [-0.05, 0) is 64.6 Å². The Labute approximate surface area is 197 Å². The number of hydrogen-bond acceptors (Lipinski definition) is 3. The van der Waals surface area contributed by atoms with Crippen LogP contribution in [0.4, 0.5) is 14.5 Å². The highest BCUT2D eigenvalue weighted by molar-refractivity contribution is 14.1. The van der Waals surface area contributed by atoms with E-state index in [9.17, 15) is 13.6 Å². The normalized spacial score (nSPS) is 10.7. The highest BCUT2D eigenvalue weighted by Crippen LogP contribution is 2.22. The average molecular weight is 545 g/mol. The Bertz CT molecular complexity index is 1240. The molecule has 0 bridgehead atoms. The van der Waals surface area contributed by atoms with Crippen LogP contribution < -0.4 is 10.1 Å². The number of nitrogens with one attached hydrogen (secondary N) is 1. The topological polar surface area (TPSA) is 56.2 Å². The third kappa shape index (κ3) is 5.31. The van der Waals surface area contributed by atoms with Crippen molar-refractivity contribution in [2.24, 2.45) is 0 Å². The molecule has 1 N–H and O–H groups in total. The molecule has 5 nitrogen and oxygen atoms in total. The lowest BCUT2D eigenvalue weighted by molar-refractivity contribution is 0.102. The maximum atomic E-state index is 13.8. The molecule has 1 aromatic heterocycles. The van der Waals surface area contributed by atoms with Crippen LogP contribution in [0.15, 0.2) is 79.0 Å². The molecular formula is C24H18F2IN3O2. The van der Waals surface area contributed by atoms with Gasteiger partial charge in [0.15, 0.2) is 5.69 Å². The van der Waals surface area contributed by atoms with E-state index in [1.54, 1.807) is 10.9 Å². The van der Waals surface area contributed by atoms with E-state index >= 15 is 0 Å². The molecule has 0 atom stereocenters. The van der Waals surface area contributed by atoms with Crippen molar-refractivity contribution in [3.63, 3.8) is 0 Å². The second-order valence-corrected chi connectivity index (χ2v) is 8.22. The number of hydrogen-bond donors (Lipinski definition) is 1. The molecule has 32 heavy (non-hydrogen) atoms. The number of carbonyl (C=O) groups excluding carboxylic acids is 1. The molecule has 1 amide bonds. The molecule has 0 spiro atoms. The van der Waals surface area contributed by atoms with Crippen LogP contribution in [-0.2, 0) is 13.2 Å². The predicted octanol–water partition coefficient (Wildman–Crippen LogP) is 5.65. The summed E-state index contributed by atoms with van der Waals surface area (Å²) in [6, 6.07) is 20.5. The number of amides is 1. The Hall–Kier alpha value is -3.27. The van der Waals surface area contributed by atoms with E-state index in [-0.39, 0.29) is 5.69 Å². The fourth-order valence-corrected chi connectivity index (χ4v) is 3.71. The Kier molecular flexibility index (Phi) is 6.79. The van der Waals surface area contributed by atoms with Gasteiger partial charge in [-0.2, -0.15) is 5.10 Å². The van der Waals surface area contributed by atoms with Gasteiger partial charge in [0.25, 0.3) is 5.91 Å². The first-order valence-corrected chi connectivity index (χ1v) is 10.8. The molecule has 0 unspecified atom stereocenters. The third-order valence-corrected chi connectivity index (χ3v) is 5.33. The summed E-state index contributed by atoms with van der Waals surface area (Å²) >= 11 is 2.26. The lowest BCUT2D eigenvalue weighted by atomic mass is 10.2. The quantitative estimate of drug-likeness (QED) is 0.306. The van der Waals surface area contributed by atoms with Gasteiger partial charge in [-0.25, -0.2) is 8.78 Å². The molecule has 0 aliphatic rings. The van der Waals surface area contributed by atoms with Crippen LogP contribution in [0.2, 0.25) is 0 Å². The first-order valence-electron chi connectivity index (χ1n) is 9.73. The molecule has 0 saturated carbocycles. The predicted molar refractivity (Wildman–Crippen MR) is 126 cm³/mol. The van der Waals surface area contributed by atoms with Crippen molar-refractivity contribution in [1.82, 2.24) is 9.78 Å². The van der Waals surface area contributed by atoms with Crippen molar-refractivity contribution in [2.75, 3.05) is 5.32 Å². The minimum atomic E-state index is -0.850. The summed E-state index contributed by atoms with van der Waals surface area (Å²) in [5.41, 5.74) is 1.49. The van der Waals surface area contributed by atoms with Crippen LogP contribution in [0.3, 0.4) is 0 Å². The lowest BCUT2D eigenvalue weighted by Crippen LogP contribution is -2.15. The highest BCUT2D eigenvalue weighted by Gasteiger charge is 2.16. The molecule has 0 fully saturated rings. The summed E-state index contributed by atoms with van der Waals surface area (Å²) in [4.78, 5) is 12.4. The van der Waals surface area contributed by atoms with Crippen LogP contribution in [0, 0.1) is 15.2 Å². The standard InChI is InChI=1S/C24H18F2IN3O2/c25-19-8-4-9-20(26)23(19)28-24(31)21-11-12-30(29-21)14-17-6-1-2-10-22(17)32-15-16-5-3-7-18(27)13-16/h1-13H,14-15H2,(H,28,31). The molecule has 0 aliphatic carbocycles. The van der Waals surface area contributed by atoms with Crippen molar-refractivity contribution >= 4 is 34.2 Å². The zero-order chi connectivity index (χ0) is 22.5. The van der Waals surface area contributed by atoms with Gasteiger partial charge in [-0.1, -0.05) is 36.4 Å². The molecule has 1 heterocycles. The van der Waals surface area contributed by atoms with Gasteiger partial charge in [-0.15, -0.1) is 0 Å². The summed E-state index contributed by atoms with van der Waals surface area (Å²) in [6.07, 6.45) is 1.63. The summed E-state index contributed by atoms with van der Waals surface area (Å²) in [5.74, 6) is -1.69. The van der Waals surface area contributed by atoms with Crippen molar-refractivity contribution in [3.8, 4) is 5.75 Å². The third-order valence-electron chi connectivity index (χ3n) is 4.66. The van der Waals surface area contributed by atoms with Gasteiger partial charge >= 0.3 is 0 Å². The minimum Gasteiger partial charge on any atom is -0.489 e. The van der Waals surface area contributed by atoms with E-state index in [2.05, 4.69) is 39.1 Å². The molecule has 0 radical (unpaired) electrons. The van der Waals surface area contributed by atoms with E-state index in [0.717, 1.165) is 26.8 Å². The van der Waals surface area contributed by atoms with Crippen molar-refractivity contribution in [2.45, 2.75) is 13.2 Å². The number of carbonyl (C=O) groups is 1. The molecule has 162 valence electrons. The lowest BCUT2D eigenvalue weighted by Gasteiger charge is -2.12. The monoisotopic (exact) mass is 545 g/mol. The van der Waals surface area contributed by atoms with Crippen molar-refractivity contribution in [1.29, 1.82) is 0 Å². The number of ether oxygens (including phenoxy) is 1. The molecular weight excluding hydrogens is 527 g/mol. The zero-order valence-electron chi connectivity index (χ0n) is 16.8. The summed E-state index contributed by atoms with van der Waals surface area (Å²) in [6.45, 7) is 0.790. The number of nitrogens with zero attached hydrogens (tertiary/aromatic N) is 2. The Morgan fingerprint density at radius 2 is 1.75 bits per heavy atom. The van der Waals surface area contributed by atoms with Crippen molar-refractivity contribution < 1.29 is 18.3 Å². The van der Waals surface area contributed by atoms with Gasteiger partial charge in [0.05, 0.1) is 6.54 Å². The molecule has 3 aromatic carbocycles. The second kappa shape index (κ2) is 9.90. The zero-order valence-corrected chi connectivity index (χ0v) is 18.9. The molecule has 4 aromatic rings. The molecule has 0 saturated heterocycles. The molecule has 8 heteroatoms. The Morgan fingerprint density at radius 3 is 2.53 bits per heavy atom. The van der Waals surface area contributed by atoms with E-state index < -0.39 is 23.2 Å². The van der Waals surface area contributed by atoms with E-state index in [4.69, 9.17) is 4.74 Å². The van der Waals surface area contributed by atoms with Crippen LogP contribution in [0.5, 0.6) is 5.75 Å². The first-order chi connectivity index (χ1) is 15.5. The minimum absolute atomic E-state index is 0.0462. The summed E-state index contributed by atoms with van der Waals surface area (Å²) in [7, 11) is 0. The smallest absolute Gasteiger partial charge is 0.276 e. The Morgan fingerprint density at radius 1 is 1.00 bits per heavy atom.